The van der Waals surface area contributed by atoms with Crippen LogP contribution in [0.4, 0.5) is 5.69 Å². The van der Waals surface area contributed by atoms with Crippen molar-refractivity contribution in [2.24, 2.45) is 0 Å². The lowest BCUT2D eigenvalue weighted by Crippen LogP contribution is -1.92. The summed E-state index contributed by atoms with van der Waals surface area (Å²) in [6.45, 7) is 0. The van der Waals surface area contributed by atoms with Crippen LogP contribution in [0.25, 0.3) is 0 Å². The van der Waals surface area contributed by atoms with Gasteiger partial charge in [-0.05, 0) is 17.7 Å². The first kappa shape index (κ1) is 8.14. The number of rotatable bonds is 2. The maximum atomic E-state index is 10.2. The van der Waals surface area contributed by atoms with E-state index in [1.165, 1.54) is 0 Å². The molecule has 1 unspecified atom stereocenters. The number of thiol groups is 1. The van der Waals surface area contributed by atoms with Gasteiger partial charge in [0, 0.05) is 5.69 Å². The van der Waals surface area contributed by atoms with Gasteiger partial charge in [0.25, 0.3) is 0 Å². The molecule has 0 aliphatic rings. The molecule has 1 aromatic rings. The highest BCUT2D eigenvalue weighted by Gasteiger charge is 2.04. The predicted octanol–water partition coefficient (Wildman–Crippen LogP) is 1.35. The molecule has 0 aliphatic heterocycles. The molecule has 3 heteroatoms. The molecule has 0 saturated carbocycles. The monoisotopic (exact) mass is 166 g/mol. The highest BCUT2D eigenvalue weighted by molar-refractivity contribution is 7.81. The van der Waals surface area contributed by atoms with Crippen molar-refractivity contribution in [1.29, 1.82) is 0 Å². The zero-order valence-electron chi connectivity index (χ0n) is 5.82. The Kier molecular flexibility index (Phi) is 2.54. The van der Waals surface area contributed by atoms with Crippen molar-refractivity contribution in [3.63, 3.8) is 0 Å². The van der Waals surface area contributed by atoms with Crippen LogP contribution in [0.5, 0.6) is 0 Å². The van der Waals surface area contributed by atoms with Crippen LogP contribution in [0.2, 0.25) is 0 Å². The van der Waals surface area contributed by atoms with Gasteiger partial charge in [0.1, 0.15) is 0 Å². The van der Waals surface area contributed by atoms with Gasteiger partial charge in [0.2, 0.25) is 6.29 Å². The smallest absolute Gasteiger partial charge is 0.216 e. The van der Waals surface area contributed by atoms with Crippen molar-refractivity contribution in [3.05, 3.63) is 29.8 Å². The Morgan fingerprint density at radius 3 is 2.82 bits per heavy atom. The summed E-state index contributed by atoms with van der Waals surface area (Å²) in [5.41, 5.74) is 6.90. The molecular weight excluding hydrogens is 158 g/mol. The molecule has 1 radical (unpaired) electrons. The van der Waals surface area contributed by atoms with Crippen LogP contribution in [0.15, 0.2) is 24.3 Å². The number of nitrogen functional groups attached to an aromatic ring is 1. The largest absolute Gasteiger partial charge is 0.399 e. The van der Waals surface area contributed by atoms with Crippen LogP contribution >= 0.6 is 12.6 Å². The van der Waals surface area contributed by atoms with Gasteiger partial charge in [0.15, 0.2) is 0 Å². The third kappa shape index (κ3) is 1.98. The van der Waals surface area contributed by atoms with Gasteiger partial charge in [0.05, 0.1) is 5.25 Å². The van der Waals surface area contributed by atoms with E-state index in [1.54, 1.807) is 30.6 Å². The van der Waals surface area contributed by atoms with E-state index in [-0.39, 0.29) is 0 Å². The summed E-state index contributed by atoms with van der Waals surface area (Å²) < 4.78 is 0. The number of carbonyl (C=O) groups excluding carboxylic acids is 1. The van der Waals surface area contributed by atoms with E-state index in [0.29, 0.717) is 5.69 Å². The van der Waals surface area contributed by atoms with Crippen LogP contribution in [-0.2, 0) is 4.79 Å². The second kappa shape index (κ2) is 3.44. The van der Waals surface area contributed by atoms with Crippen LogP contribution in [0, 0.1) is 0 Å². The summed E-state index contributed by atoms with van der Waals surface area (Å²) >= 11 is 3.99. The van der Waals surface area contributed by atoms with E-state index >= 15 is 0 Å². The molecule has 0 saturated heterocycles. The summed E-state index contributed by atoms with van der Waals surface area (Å²) in [5, 5.41) is -0.488. The Morgan fingerprint density at radius 2 is 2.27 bits per heavy atom. The molecular formula is C8H8NOS. The van der Waals surface area contributed by atoms with Gasteiger partial charge in [-0.15, -0.1) is 0 Å². The van der Waals surface area contributed by atoms with Gasteiger partial charge in [-0.2, -0.15) is 12.6 Å². The average Bonchev–Trinajstić information content (AvgIpc) is 2.03. The van der Waals surface area contributed by atoms with Gasteiger partial charge < -0.3 is 5.73 Å². The molecule has 0 amide bonds. The van der Waals surface area contributed by atoms with E-state index < -0.39 is 5.25 Å². The Bertz CT molecular complexity index is 262. The van der Waals surface area contributed by atoms with Gasteiger partial charge >= 0.3 is 0 Å². The minimum atomic E-state index is -0.488. The molecule has 1 rings (SSSR count). The van der Waals surface area contributed by atoms with Gasteiger partial charge in [-0.25, -0.2) is 0 Å². The Hall–Kier alpha value is -0.960. The third-order valence-electron chi connectivity index (χ3n) is 1.34. The second-order valence-corrected chi connectivity index (χ2v) is 2.71. The molecule has 2 nitrogen and oxygen atoms in total. The molecule has 0 aliphatic carbocycles. The highest BCUT2D eigenvalue weighted by Crippen LogP contribution is 2.18. The summed E-state index contributed by atoms with van der Waals surface area (Å²) in [5.74, 6) is 0. The molecule has 1 atom stereocenters. The SMILES string of the molecule is Nc1cccc(C(S)[C]=O)c1. The number of nitrogens with two attached hydrogens (primary N) is 1. The lowest BCUT2D eigenvalue weighted by molar-refractivity contribution is 0.554. The molecule has 0 fully saturated rings. The van der Waals surface area contributed by atoms with Gasteiger partial charge in [-0.1, -0.05) is 12.1 Å². The predicted molar refractivity (Wildman–Crippen MR) is 48.3 cm³/mol. The number of benzene rings is 1. The summed E-state index contributed by atoms with van der Waals surface area (Å²) in [7, 11) is 0. The molecule has 2 N–H and O–H groups in total. The quantitative estimate of drug-likeness (QED) is 0.514. The van der Waals surface area contributed by atoms with Crippen molar-refractivity contribution in [2.45, 2.75) is 5.25 Å². The molecule has 0 spiro atoms. The molecule has 11 heavy (non-hydrogen) atoms. The van der Waals surface area contributed by atoms with Crippen LogP contribution < -0.4 is 5.73 Å². The van der Waals surface area contributed by atoms with Crippen LogP contribution in [0.1, 0.15) is 10.8 Å². The van der Waals surface area contributed by atoms with Crippen molar-refractivity contribution >= 4 is 24.6 Å². The molecule has 0 bridgehead atoms. The fraction of sp³-hybridized carbons (Fsp3) is 0.125. The van der Waals surface area contributed by atoms with Crippen molar-refractivity contribution < 1.29 is 4.79 Å². The molecule has 0 aromatic heterocycles. The van der Waals surface area contributed by atoms with Crippen LogP contribution in [0.3, 0.4) is 0 Å². The number of hydrogen-bond donors (Lipinski definition) is 2. The molecule has 57 valence electrons. The normalized spacial score (nSPS) is 12.5. The average molecular weight is 166 g/mol. The first-order valence-corrected chi connectivity index (χ1v) is 3.67. The summed E-state index contributed by atoms with van der Waals surface area (Å²) in [6, 6.07) is 7.04. The van der Waals surface area contributed by atoms with E-state index in [9.17, 15) is 4.79 Å². The minimum absolute atomic E-state index is 0.488. The fourth-order valence-corrected chi connectivity index (χ4v) is 0.958. The zero-order valence-corrected chi connectivity index (χ0v) is 6.71. The molecule has 1 aromatic carbocycles. The Labute approximate surface area is 70.8 Å². The van der Waals surface area contributed by atoms with E-state index in [0.717, 1.165) is 5.56 Å². The Balaban J connectivity index is 2.95. The van der Waals surface area contributed by atoms with E-state index in [2.05, 4.69) is 12.6 Å². The lowest BCUT2D eigenvalue weighted by Gasteiger charge is -2.01. The standard InChI is InChI=1S/C8H8NOS/c9-7-3-1-2-6(4-7)8(11)5-10/h1-4,8,11H,9H2. The maximum Gasteiger partial charge on any atom is 0.216 e. The van der Waals surface area contributed by atoms with E-state index in [4.69, 9.17) is 5.73 Å². The topological polar surface area (TPSA) is 43.1 Å². The first-order chi connectivity index (χ1) is 5.24. The van der Waals surface area contributed by atoms with Crippen molar-refractivity contribution in [3.8, 4) is 0 Å². The highest BCUT2D eigenvalue weighted by atomic mass is 32.1. The van der Waals surface area contributed by atoms with Crippen LogP contribution in [-0.4, -0.2) is 6.29 Å². The fourth-order valence-electron chi connectivity index (χ4n) is 0.797. The number of hydrogen-bond acceptors (Lipinski definition) is 3. The second-order valence-electron chi connectivity index (χ2n) is 2.19. The lowest BCUT2D eigenvalue weighted by atomic mass is 10.1. The minimum Gasteiger partial charge on any atom is -0.399 e. The Morgan fingerprint density at radius 1 is 1.55 bits per heavy atom. The summed E-state index contributed by atoms with van der Waals surface area (Å²) in [4.78, 5) is 10.2. The van der Waals surface area contributed by atoms with E-state index in [1.807, 2.05) is 0 Å². The van der Waals surface area contributed by atoms with Crippen molar-refractivity contribution in [1.82, 2.24) is 0 Å². The van der Waals surface area contributed by atoms with Gasteiger partial charge in [-0.3, -0.25) is 4.79 Å². The first-order valence-electron chi connectivity index (χ1n) is 3.15. The maximum absolute atomic E-state index is 10.2. The van der Waals surface area contributed by atoms with Crippen molar-refractivity contribution in [2.75, 3.05) is 5.73 Å². The molecule has 0 heterocycles. The number of anilines is 1. The third-order valence-corrected chi connectivity index (χ3v) is 1.74. The summed E-state index contributed by atoms with van der Waals surface area (Å²) in [6.07, 6.45) is 1.77. The zero-order chi connectivity index (χ0) is 8.27.